The highest BCUT2D eigenvalue weighted by Crippen LogP contribution is 2.30. The van der Waals surface area contributed by atoms with Crippen molar-refractivity contribution in [1.29, 1.82) is 5.26 Å². The van der Waals surface area contributed by atoms with Gasteiger partial charge in [0.15, 0.2) is 0 Å². The molecule has 0 aromatic carbocycles. The minimum atomic E-state index is 0.0185. The second kappa shape index (κ2) is 5.15. The lowest BCUT2D eigenvalue weighted by Gasteiger charge is -2.22. The predicted octanol–water partition coefficient (Wildman–Crippen LogP) is 1.98. The number of nitrogens with two attached hydrogens (primary N) is 1. The third-order valence-corrected chi connectivity index (χ3v) is 3.04. The van der Waals surface area contributed by atoms with E-state index in [1.165, 1.54) is 12.8 Å². The van der Waals surface area contributed by atoms with Crippen LogP contribution in [0.3, 0.4) is 0 Å². The first-order chi connectivity index (χ1) is 8.22. The van der Waals surface area contributed by atoms with Gasteiger partial charge in [-0.2, -0.15) is 5.26 Å². The highest BCUT2D eigenvalue weighted by molar-refractivity contribution is 5.42. The zero-order valence-corrected chi connectivity index (χ0v) is 10.1. The topological polar surface area (TPSA) is 65.9 Å². The van der Waals surface area contributed by atoms with Crippen molar-refractivity contribution in [1.82, 2.24) is 4.98 Å². The van der Waals surface area contributed by atoms with Crippen LogP contribution in [-0.4, -0.2) is 17.6 Å². The molecule has 4 nitrogen and oxygen atoms in total. The van der Waals surface area contributed by atoms with Crippen molar-refractivity contribution in [3.8, 4) is 6.07 Å². The average Bonchev–Trinajstić information content (AvgIpc) is 3.14. The van der Waals surface area contributed by atoms with Gasteiger partial charge in [0.1, 0.15) is 5.82 Å². The summed E-state index contributed by atoms with van der Waals surface area (Å²) < 4.78 is 0. The van der Waals surface area contributed by atoms with E-state index in [2.05, 4.69) is 16.0 Å². The Balaban J connectivity index is 2.10. The molecule has 2 N–H and O–H groups in total. The molecule has 1 aliphatic carbocycles. The second-order valence-corrected chi connectivity index (χ2v) is 4.57. The fraction of sp³-hybridized carbons (Fsp3) is 0.538. The van der Waals surface area contributed by atoms with E-state index in [4.69, 9.17) is 11.0 Å². The molecule has 90 valence electrons. The first-order valence-corrected chi connectivity index (χ1v) is 6.07. The van der Waals surface area contributed by atoms with E-state index < -0.39 is 0 Å². The van der Waals surface area contributed by atoms with Crippen molar-refractivity contribution in [2.45, 2.75) is 38.3 Å². The maximum absolute atomic E-state index is 8.67. The van der Waals surface area contributed by atoms with Crippen molar-refractivity contribution < 1.29 is 0 Å². The number of nitriles is 1. The van der Waals surface area contributed by atoms with E-state index in [0.717, 1.165) is 17.9 Å². The molecule has 0 aliphatic heterocycles. The number of aromatic nitrogens is 1. The normalized spacial score (nSPS) is 16.3. The van der Waals surface area contributed by atoms with Crippen LogP contribution in [0.25, 0.3) is 0 Å². The lowest BCUT2D eigenvalue weighted by Crippen LogP contribution is -2.27. The average molecular weight is 230 g/mol. The summed E-state index contributed by atoms with van der Waals surface area (Å²) in [6.07, 6.45) is 4.80. The minimum Gasteiger partial charge on any atom is -0.353 e. The number of hydrogen-bond donors (Lipinski definition) is 1. The molecule has 1 aromatic heterocycles. The zero-order valence-electron chi connectivity index (χ0n) is 10.1. The third-order valence-electron chi connectivity index (χ3n) is 3.04. The van der Waals surface area contributed by atoms with E-state index in [-0.39, 0.29) is 6.04 Å². The van der Waals surface area contributed by atoms with Crippen molar-refractivity contribution >= 4 is 5.82 Å². The van der Waals surface area contributed by atoms with Gasteiger partial charge in [0.25, 0.3) is 0 Å². The lowest BCUT2D eigenvalue weighted by molar-refractivity contribution is 0.769. The summed E-state index contributed by atoms with van der Waals surface area (Å²) >= 11 is 0. The van der Waals surface area contributed by atoms with E-state index in [9.17, 15) is 0 Å². The number of hydrogen-bond acceptors (Lipinski definition) is 4. The lowest BCUT2D eigenvalue weighted by atomic mass is 10.1. The van der Waals surface area contributed by atoms with Gasteiger partial charge in [0.05, 0.1) is 12.5 Å². The largest absolute Gasteiger partial charge is 0.353 e. The molecule has 4 heteroatoms. The van der Waals surface area contributed by atoms with Gasteiger partial charge < -0.3 is 10.6 Å². The summed E-state index contributed by atoms with van der Waals surface area (Å²) in [6, 6.07) is 6.82. The Morgan fingerprint density at radius 1 is 1.59 bits per heavy atom. The number of nitrogens with zero attached hydrogens (tertiary/aromatic N) is 3. The molecule has 1 atom stereocenters. The van der Waals surface area contributed by atoms with Crippen molar-refractivity contribution in [3.05, 3.63) is 23.9 Å². The third kappa shape index (κ3) is 2.95. The smallest absolute Gasteiger partial charge is 0.128 e. The molecular formula is C13H18N4. The number of anilines is 1. The van der Waals surface area contributed by atoms with Crippen LogP contribution in [0.2, 0.25) is 0 Å². The molecule has 1 heterocycles. The van der Waals surface area contributed by atoms with Crippen LogP contribution in [0.4, 0.5) is 5.82 Å². The fourth-order valence-electron chi connectivity index (χ4n) is 1.88. The standard InChI is InChI=1S/C13H18N4/c1-10(15)11-3-6-13(16-9-11)17(8-2-7-14)12-4-5-12/h3,6,9-10,12H,2,4-5,8,15H2,1H3/t10-/m0/s1. The Hall–Kier alpha value is -1.60. The van der Waals surface area contributed by atoms with Gasteiger partial charge in [0, 0.05) is 24.8 Å². The van der Waals surface area contributed by atoms with Crippen LogP contribution < -0.4 is 10.6 Å². The molecule has 0 unspecified atom stereocenters. The summed E-state index contributed by atoms with van der Waals surface area (Å²) in [4.78, 5) is 6.68. The van der Waals surface area contributed by atoms with Crippen molar-refractivity contribution in [2.75, 3.05) is 11.4 Å². The first kappa shape index (κ1) is 11.9. The second-order valence-electron chi connectivity index (χ2n) is 4.57. The predicted molar refractivity (Wildman–Crippen MR) is 67.4 cm³/mol. The first-order valence-electron chi connectivity index (χ1n) is 6.07. The highest BCUT2D eigenvalue weighted by atomic mass is 15.2. The van der Waals surface area contributed by atoms with E-state index in [0.29, 0.717) is 12.5 Å². The quantitative estimate of drug-likeness (QED) is 0.840. The molecule has 1 aromatic rings. The molecule has 1 fully saturated rings. The number of rotatable bonds is 5. The minimum absolute atomic E-state index is 0.0185. The summed E-state index contributed by atoms with van der Waals surface area (Å²) in [7, 11) is 0. The molecular weight excluding hydrogens is 212 g/mol. The van der Waals surface area contributed by atoms with Crippen molar-refractivity contribution in [2.24, 2.45) is 5.73 Å². The highest BCUT2D eigenvalue weighted by Gasteiger charge is 2.29. The van der Waals surface area contributed by atoms with Crippen molar-refractivity contribution in [3.63, 3.8) is 0 Å². The van der Waals surface area contributed by atoms with Gasteiger partial charge in [-0.3, -0.25) is 0 Å². The van der Waals surface area contributed by atoms with Gasteiger partial charge >= 0.3 is 0 Å². The molecule has 0 saturated heterocycles. The van der Waals surface area contributed by atoms with Gasteiger partial charge in [0.2, 0.25) is 0 Å². The molecule has 0 radical (unpaired) electrons. The Morgan fingerprint density at radius 2 is 2.35 bits per heavy atom. The molecule has 0 bridgehead atoms. The number of pyridine rings is 1. The summed E-state index contributed by atoms with van der Waals surface area (Å²) in [5.74, 6) is 0.965. The van der Waals surface area contributed by atoms with Crippen LogP contribution >= 0.6 is 0 Å². The van der Waals surface area contributed by atoms with E-state index >= 15 is 0 Å². The molecule has 0 amide bonds. The molecule has 1 aliphatic rings. The van der Waals surface area contributed by atoms with Crippen LogP contribution in [0, 0.1) is 11.3 Å². The Bertz CT molecular complexity index is 400. The molecule has 1 saturated carbocycles. The Kier molecular flexibility index (Phi) is 3.60. The molecule has 17 heavy (non-hydrogen) atoms. The zero-order chi connectivity index (χ0) is 12.3. The van der Waals surface area contributed by atoms with Crippen LogP contribution in [0.15, 0.2) is 18.3 Å². The Morgan fingerprint density at radius 3 is 2.82 bits per heavy atom. The summed E-state index contributed by atoms with van der Waals surface area (Å²) in [5.41, 5.74) is 6.84. The fourth-order valence-corrected chi connectivity index (χ4v) is 1.88. The van der Waals surface area contributed by atoms with Crippen LogP contribution in [0.1, 0.15) is 37.8 Å². The Labute approximate surface area is 102 Å². The van der Waals surface area contributed by atoms with Crippen LogP contribution in [0.5, 0.6) is 0 Å². The maximum atomic E-state index is 8.67. The summed E-state index contributed by atoms with van der Waals surface area (Å²) in [6.45, 7) is 2.72. The van der Waals surface area contributed by atoms with Gasteiger partial charge in [-0.25, -0.2) is 4.98 Å². The molecule has 0 spiro atoms. The monoisotopic (exact) mass is 230 g/mol. The van der Waals surface area contributed by atoms with E-state index in [1.54, 1.807) is 0 Å². The van der Waals surface area contributed by atoms with E-state index in [1.807, 2.05) is 25.3 Å². The summed E-state index contributed by atoms with van der Waals surface area (Å²) in [5, 5.41) is 8.67. The SMILES string of the molecule is C[C@H](N)c1ccc(N(CCC#N)C2CC2)nc1. The maximum Gasteiger partial charge on any atom is 0.128 e. The van der Waals surface area contributed by atoms with Gasteiger partial charge in [-0.05, 0) is 31.4 Å². The van der Waals surface area contributed by atoms with Crippen LogP contribution in [-0.2, 0) is 0 Å². The van der Waals surface area contributed by atoms with Gasteiger partial charge in [-0.15, -0.1) is 0 Å². The molecule has 2 rings (SSSR count). The van der Waals surface area contributed by atoms with Gasteiger partial charge in [-0.1, -0.05) is 6.07 Å².